The SMILES string of the molecule is CCc1ccc2c(c1)CNN2. The highest BCUT2D eigenvalue weighted by atomic mass is 15.4. The molecule has 0 aliphatic carbocycles. The van der Waals surface area contributed by atoms with E-state index in [0.29, 0.717) is 0 Å². The predicted molar refractivity (Wildman–Crippen MR) is 46.3 cm³/mol. The molecule has 1 aliphatic heterocycles. The largest absolute Gasteiger partial charge is 0.321 e. The van der Waals surface area contributed by atoms with E-state index in [1.54, 1.807) is 0 Å². The molecule has 1 aromatic rings. The van der Waals surface area contributed by atoms with Crippen LogP contribution in [0.3, 0.4) is 0 Å². The molecule has 1 heterocycles. The third-order valence-corrected chi connectivity index (χ3v) is 2.08. The Balaban J connectivity index is 2.41. The summed E-state index contributed by atoms with van der Waals surface area (Å²) in [5.41, 5.74) is 10.2. The summed E-state index contributed by atoms with van der Waals surface area (Å²) in [6, 6.07) is 6.55. The Morgan fingerprint density at radius 3 is 3.18 bits per heavy atom. The van der Waals surface area contributed by atoms with E-state index in [-0.39, 0.29) is 0 Å². The highest BCUT2D eigenvalue weighted by molar-refractivity contribution is 5.54. The molecule has 0 amide bonds. The van der Waals surface area contributed by atoms with Crippen LogP contribution in [0.5, 0.6) is 0 Å². The fourth-order valence-electron chi connectivity index (χ4n) is 1.37. The number of fused-ring (bicyclic) bond motifs is 1. The first-order chi connectivity index (χ1) is 5.40. The van der Waals surface area contributed by atoms with Crippen LogP contribution >= 0.6 is 0 Å². The van der Waals surface area contributed by atoms with Gasteiger partial charge < -0.3 is 5.43 Å². The van der Waals surface area contributed by atoms with Gasteiger partial charge in [-0.25, -0.2) is 5.43 Å². The van der Waals surface area contributed by atoms with Crippen LogP contribution in [-0.4, -0.2) is 0 Å². The molecule has 0 bridgehead atoms. The van der Waals surface area contributed by atoms with Gasteiger partial charge in [0.25, 0.3) is 0 Å². The minimum atomic E-state index is 0.948. The van der Waals surface area contributed by atoms with E-state index < -0.39 is 0 Å². The van der Waals surface area contributed by atoms with Gasteiger partial charge in [-0.15, -0.1) is 0 Å². The van der Waals surface area contributed by atoms with Crippen LogP contribution in [0.15, 0.2) is 18.2 Å². The standard InChI is InChI=1S/C9H12N2/c1-2-7-3-4-9-8(5-7)6-10-11-9/h3-5,10-11H,2,6H2,1H3. The van der Waals surface area contributed by atoms with Gasteiger partial charge in [-0.05, 0) is 23.6 Å². The minimum absolute atomic E-state index is 0.948. The molecule has 2 nitrogen and oxygen atoms in total. The lowest BCUT2D eigenvalue weighted by atomic mass is 10.1. The summed E-state index contributed by atoms with van der Waals surface area (Å²) in [5, 5.41) is 0. The van der Waals surface area contributed by atoms with Gasteiger partial charge in [0, 0.05) is 6.54 Å². The smallest absolute Gasteiger partial charge is 0.0533 e. The average Bonchev–Trinajstić information content (AvgIpc) is 2.50. The zero-order valence-electron chi connectivity index (χ0n) is 6.65. The van der Waals surface area contributed by atoms with Crippen LogP contribution < -0.4 is 10.9 Å². The summed E-state index contributed by atoms with van der Waals surface area (Å²) in [4.78, 5) is 0. The fraction of sp³-hybridized carbons (Fsp3) is 0.333. The van der Waals surface area contributed by atoms with Gasteiger partial charge in [-0.2, -0.15) is 0 Å². The molecule has 0 radical (unpaired) electrons. The molecule has 2 heteroatoms. The average molecular weight is 148 g/mol. The van der Waals surface area contributed by atoms with Gasteiger partial charge in [-0.3, -0.25) is 0 Å². The molecule has 1 aromatic carbocycles. The first kappa shape index (κ1) is 6.68. The van der Waals surface area contributed by atoms with Gasteiger partial charge in [0.2, 0.25) is 0 Å². The van der Waals surface area contributed by atoms with Gasteiger partial charge in [-0.1, -0.05) is 19.1 Å². The maximum atomic E-state index is 3.10. The normalized spacial score (nSPS) is 14.3. The molecule has 11 heavy (non-hydrogen) atoms. The highest BCUT2D eigenvalue weighted by Crippen LogP contribution is 2.20. The van der Waals surface area contributed by atoms with Crippen molar-refractivity contribution >= 4 is 5.69 Å². The Bertz CT molecular complexity index is 268. The van der Waals surface area contributed by atoms with Crippen molar-refractivity contribution in [3.05, 3.63) is 29.3 Å². The van der Waals surface area contributed by atoms with E-state index in [4.69, 9.17) is 0 Å². The van der Waals surface area contributed by atoms with E-state index >= 15 is 0 Å². The van der Waals surface area contributed by atoms with Crippen molar-refractivity contribution in [1.29, 1.82) is 0 Å². The number of benzene rings is 1. The van der Waals surface area contributed by atoms with Crippen LogP contribution in [0.1, 0.15) is 18.1 Å². The predicted octanol–water partition coefficient (Wildman–Crippen LogP) is 1.68. The third-order valence-electron chi connectivity index (χ3n) is 2.08. The molecule has 58 valence electrons. The minimum Gasteiger partial charge on any atom is -0.321 e. The zero-order valence-corrected chi connectivity index (χ0v) is 6.65. The fourth-order valence-corrected chi connectivity index (χ4v) is 1.37. The molecule has 0 spiro atoms. The summed E-state index contributed by atoms with van der Waals surface area (Å²) >= 11 is 0. The van der Waals surface area contributed by atoms with Gasteiger partial charge in [0.15, 0.2) is 0 Å². The monoisotopic (exact) mass is 148 g/mol. The number of hydrogen-bond acceptors (Lipinski definition) is 2. The molecular formula is C9H12N2. The molecule has 2 rings (SSSR count). The van der Waals surface area contributed by atoms with Crippen LogP contribution in [0.4, 0.5) is 5.69 Å². The lowest BCUT2D eigenvalue weighted by Gasteiger charge is -1.99. The van der Waals surface area contributed by atoms with E-state index in [1.165, 1.54) is 16.8 Å². The molecule has 0 saturated carbocycles. The summed E-state index contributed by atoms with van der Waals surface area (Å²) in [5.74, 6) is 0. The van der Waals surface area contributed by atoms with E-state index in [1.807, 2.05) is 0 Å². The van der Waals surface area contributed by atoms with Crippen molar-refractivity contribution in [2.75, 3.05) is 5.43 Å². The van der Waals surface area contributed by atoms with Crippen molar-refractivity contribution in [3.63, 3.8) is 0 Å². The number of aryl methyl sites for hydroxylation is 1. The van der Waals surface area contributed by atoms with Crippen molar-refractivity contribution in [1.82, 2.24) is 5.43 Å². The van der Waals surface area contributed by atoms with Crippen LogP contribution in [0.25, 0.3) is 0 Å². The number of hydrazine groups is 1. The van der Waals surface area contributed by atoms with Crippen molar-refractivity contribution < 1.29 is 0 Å². The van der Waals surface area contributed by atoms with Gasteiger partial charge >= 0.3 is 0 Å². The second-order valence-corrected chi connectivity index (χ2v) is 2.82. The molecule has 0 aromatic heterocycles. The van der Waals surface area contributed by atoms with Crippen LogP contribution in [0.2, 0.25) is 0 Å². The second-order valence-electron chi connectivity index (χ2n) is 2.82. The second kappa shape index (κ2) is 2.55. The zero-order chi connectivity index (χ0) is 7.68. The van der Waals surface area contributed by atoms with Gasteiger partial charge in [0.1, 0.15) is 0 Å². The summed E-state index contributed by atoms with van der Waals surface area (Å²) < 4.78 is 0. The van der Waals surface area contributed by atoms with Gasteiger partial charge in [0.05, 0.1) is 5.69 Å². The number of hydrogen-bond donors (Lipinski definition) is 2. The number of rotatable bonds is 1. The molecule has 0 fully saturated rings. The number of anilines is 1. The maximum absolute atomic E-state index is 3.10. The van der Waals surface area contributed by atoms with Crippen molar-refractivity contribution in [2.24, 2.45) is 0 Å². The molecule has 1 aliphatic rings. The molecular weight excluding hydrogens is 136 g/mol. The lowest BCUT2D eigenvalue weighted by Crippen LogP contribution is -2.10. The quantitative estimate of drug-likeness (QED) is 0.633. The Labute approximate surface area is 66.6 Å². The van der Waals surface area contributed by atoms with E-state index in [9.17, 15) is 0 Å². The molecule has 2 N–H and O–H groups in total. The highest BCUT2D eigenvalue weighted by Gasteiger charge is 2.07. The Hall–Kier alpha value is -1.02. The molecule has 0 unspecified atom stereocenters. The van der Waals surface area contributed by atoms with E-state index in [0.717, 1.165) is 13.0 Å². The van der Waals surface area contributed by atoms with Crippen molar-refractivity contribution in [3.8, 4) is 0 Å². The van der Waals surface area contributed by atoms with Crippen molar-refractivity contribution in [2.45, 2.75) is 19.9 Å². The first-order valence-electron chi connectivity index (χ1n) is 4.01. The Kier molecular flexibility index (Phi) is 1.55. The third kappa shape index (κ3) is 1.10. The maximum Gasteiger partial charge on any atom is 0.0533 e. The lowest BCUT2D eigenvalue weighted by molar-refractivity contribution is 0.859. The van der Waals surface area contributed by atoms with Crippen LogP contribution in [-0.2, 0) is 13.0 Å². The topological polar surface area (TPSA) is 24.1 Å². The molecule has 0 atom stereocenters. The number of nitrogens with one attached hydrogen (secondary N) is 2. The Morgan fingerprint density at radius 2 is 2.36 bits per heavy atom. The van der Waals surface area contributed by atoms with Crippen LogP contribution in [0, 0.1) is 0 Å². The summed E-state index contributed by atoms with van der Waals surface area (Å²) in [7, 11) is 0. The molecule has 0 saturated heterocycles. The Morgan fingerprint density at radius 1 is 1.45 bits per heavy atom. The summed E-state index contributed by atoms with van der Waals surface area (Å²) in [6.07, 6.45) is 1.12. The first-order valence-corrected chi connectivity index (χ1v) is 4.01. The van der Waals surface area contributed by atoms with E-state index in [2.05, 4.69) is 36.0 Å². The summed E-state index contributed by atoms with van der Waals surface area (Å²) in [6.45, 7) is 3.13.